The van der Waals surface area contributed by atoms with E-state index in [4.69, 9.17) is 9.40 Å². The largest absolute Gasteiger partial charge is 0.441 e. The molecular formula is C20H18N4O3S2. The van der Waals surface area contributed by atoms with Crippen molar-refractivity contribution in [3.8, 4) is 0 Å². The van der Waals surface area contributed by atoms with Gasteiger partial charge in [-0.15, -0.1) is 11.3 Å². The second kappa shape index (κ2) is 7.23. The normalized spacial score (nSPS) is 16.7. The molecule has 1 aliphatic heterocycles. The average Bonchev–Trinajstić information content (AvgIpc) is 3.42. The lowest BCUT2D eigenvalue weighted by atomic mass is 10.1. The molecule has 29 heavy (non-hydrogen) atoms. The third kappa shape index (κ3) is 3.51. The van der Waals surface area contributed by atoms with Gasteiger partial charge in [0.2, 0.25) is 0 Å². The number of rotatable bonds is 5. The molecule has 1 amide bonds. The Morgan fingerprint density at radius 1 is 1.34 bits per heavy atom. The zero-order chi connectivity index (χ0) is 20.0. The van der Waals surface area contributed by atoms with Crippen molar-refractivity contribution >= 4 is 66.3 Å². The van der Waals surface area contributed by atoms with Crippen molar-refractivity contribution in [3.05, 3.63) is 35.0 Å². The molecule has 0 radical (unpaired) electrons. The van der Waals surface area contributed by atoms with Crippen LogP contribution in [0, 0.1) is 12.8 Å². The SMILES string of the molecule is Cc1nc2cc(NC(=O)c3cc4sc(N5CCC(CC=O)C5)nc4s3)ccc2o1. The zero-order valence-electron chi connectivity index (χ0n) is 15.7. The minimum absolute atomic E-state index is 0.159. The molecule has 1 N–H and O–H groups in total. The van der Waals surface area contributed by atoms with Crippen molar-refractivity contribution in [2.45, 2.75) is 19.8 Å². The van der Waals surface area contributed by atoms with E-state index >= 15 is 0 Å². The van der Waals surface area contributed by atoms with Gasteiger partial charge in [-0.2, -0.15) is 0 Å². The smallest absolute Gasteiger partial charge is 0.265 e. The maximum absolute atomic E-state index is 12.7. The van der Waals surface area contributed by atoms with E-state index < -0.39 is 0 Å². The molecule has 7 nitrogen and oxygen atoms in total. The van der Waals surface area contributed by atoms with Gasteiger partial charge in [-0.1, -0.05) is 11.3 Å². The van der Waals surface area contributed by atoms with Crippen molar-refractivity contribution in [1.29, 1.82) is 0 Å². The van der Waals surface area contributed by atoms with Crippen LogP contribution in [0.2, 0.25) is 0 Å². The third-order valence-corrected chi connectivity index (χ3v) is 7.26. The zero-order valence-corrected chi connectivity index (χ0v) is 17.3. The lowest BCUT2D eigenvalue weighted by molar-refractivity contribution is -0.108. The number of thiazole rings is 1. The van der Waals surface area contributed by atoms with Crippen molar-refractivity contribution in [2.24, 2.45) is 5.92 Å². The Morgan fingerprint density at radius 2 is 2.24 bits per heavy atom. The lowest BCUT2D eigenvalue weighted by Gasteiger charge is -2.13. The van der Waals surface area contributed by atoms with Gasteiger partial charge in [-0.3, -0.25) is 4.79 Å². The number of fused-ring (bicyclic) bond motifs is 2. The fourth-order valence-electron chi connectivity index (χ4n) is 3.62. The van der Waals surface area contributed by atoms with Gasteiger partial charge < -0.3 is 19.4 Å². The number of benzene rings is 1. The van der Waals surface area contributed by atoms with E-state index in [0.717, 1.165) is 46.0 Å². The number of hydrogen-bond donors (Lipinski definition) is 1. The van der Waals surface area contributed by atoms with E-state index in [1.165, 1.54) is 11.3 Å². The summed E-state index contributed by atoms with van der Waals surface area (Å²) in [6.07, 6.45) is 2.64. The first-order chi connectivity index (χ1) is 14.1. The summed E-state index contributed by atoms with van der Waals surface area (Å²) in [6.45, 7) is 3.59. The molecule has 1 saturated heterocycles. The van der Waals surface area contributed by atoms with Crippen LogP contribution in [0.25, 0.3) is 20.6 Å². The number of hydrogen-bond acceptors (Lipinski definition) is 8. The van der Waals surface area contributed by atoms with Crippen LogP contribution in [0.5, 0.6) is 0 Å². The van der Waals surface area contributed by atoms with Gasteiger partial charge in [-0.25, -0.2) is 9.97 Å². The number of oxazole rings is 1. The summed E-state index contributed by atoms with van der Waals surface area (Å²) >= 11 is 2.99. The Kier molecular flexibility index (Phi) is 4.56. The Morgan fingerprint density at radius 3 is 3.07 bits per heavy atom. The predicted octanol–water partition coefficient (Wildman–Crippen LogP) is 4.48. The van der Waals surface area contributed by atoms with Crippen LogP contribution in [0.1, 0.15) is 28.4 Å². The number of thiophene rings is 1. The summed E-state index contributed by atoms with van der Waals surface area (Å²) < 4.78 is 6.48. The van der Waals surface area contributed by atoms with E-state index in [1.807, 2.05) is 6.07 Å². The highest BCUT2D eigenvalue weighted by Crippen LogP contribution is 2.37. The van der Waals surface area contributed by atoms with Crippen LogP contribution < -0.4 is 10.2 Å². The average molecular weight is 427 g/mol. The van der Waals surface area contributed by atoms with Crippen LogP contribution in [-0.2, 0) is 4.79 Å². The summed E-state index contributed by atoms with van der Waals surface area (Å²) in [5.74, 6) is 0.856. The molecule has 1 atom stereocenters. The van der Waals surface area contributed by atoms with Crippen molar-refractivity contribution in [2.75, 3.05) is 23.3 Å². The second-order valence-corrected chi connectivity index (χ2v) is 9.19. The molecule has 0 saturated carbocycles. The lowest BCUT2D eigenvalue weighted by Crippen LogP contribution is -2.19. The standard InChI is InChI=1S/C20H18N4O3S2/c1-11-21-14-8-13(2-3-15(14)27-11)22-18(26)16-9-17-19(28-16)23-20(29-17)24-6-4-12(10-24)5-7-25/h2-3,7-9,12H,4-6,10H2,1H3,(H,22,26). The fraction of sp³-hybridized carbons (Fsp3) is 0.300. The Bertz CT molecular complexity index is 1190. The van der Waals surface area contributed by atoms with Gasteiger partial charge in [0.05, 0.1) is 9.58 Å². The molecule has 148 valence electrons. The molecule has 3 aromatic heterocycles. The summed E-state index contributed by atoms with van der Waals surface area (Å²) in [5, 5.41) is 3.89. The van der Waals surface area contributed by atoms with E-state index in [9.17, 15) is 9.59 Å². The van der Waals surface area contributed by atoms with Crippen LogP contribution >= 0.6 is 22.7 Å². The first-order valence-corrected chi connectivity index (χ1v) is 11.0. The maximum Gasteiger partial charge on any atom is 0.265 e. The number of carbonyl (C=O) groups excluding carboxylic acids is 2. The Balaban J connectivity index is 1.31. The molecule has 9 heteroatoms. The van der Waals surface area contributed by atoms with Gasteiger partial charge in [0, 0.05) is 32.1 Å². The molecule has 0 bridgehead atoms. The van der Waals surface area contributed by atoms with E-state index in [2.05, 4.69) is 15.2 Å². The van der Waals surface area contributed by atoms with Crippen molar-refractivity contribution in [3.63, 3.8) is 0 Å². The van der Waals surface area contributed by atoms with Crippen LogP contribution in [0.15, 0.2) is 28.7 Å². The number of carbonyl (C=O) groups is 2. The molecule has 1 unspecified atom stereocenters. The minimum atomic E-state index is -0.159. The summed E-state index contributed by atoms with van der Waals surface area (Å²) in [6, 6.07) is 7.31. The molecule has 0 spiro atoms. The third-order valence-electron chi connectivity index (χ3n) is 5.04. The molecule has 1 aromatic carbocycles. The molecule has 0 aliphatic carbocycles. The second-order valence-electron chi connectivity index (χ2n) is 7.15. The fourth-order valence-corrected chi connectivity index (χ4v) is 5.76. The quantitative estimate of drug-likeness (QED) is 0.474. The highest BCUT2D eigenvalue weighted by Gasteiger charge is 2.25. The highest BCUT2D eigenvalue weighted by atomic mass is 32.1. The number of nitrogens with zero attached hydrogens (tertiary/aromatic N) is 3. The predicted molar refractivity (Wildman–Crippen MR) is 115 cm³/mol. The molecule has 4 aromatic rings. The first kappa shape index (κ1) is 18.3. The number of nitrogens with one attached hydrogen (secondary N) is 1. The van der Waals surface area contributed by atoms with Crippen LogP contribution in [0.3, 0.4) is 0 Å². The monoisotopic (exact) mass is 426 g/mol. The summed E-state index contributed by atoms with van der Waals surface area (Å²) in [4.78, 5) is 36.1. The van der Waals surface area contributed by atoms with Crippen molar-refractivity contribution < 1.29 is 14.0 Å². The van der Waals surface area contributed by atoms with Crippen LogP contribution in [-0.4, -0.2) is 35.3 Å². The summed E-state index contributed by atoms with van der Waals surface area (Å²) in [5.41, 5.74) is 2.10. The molecular weight excluding hydrogens is 408 g/mol. The molecule has 1 fully saturated rings. The Hall–Kier alpha value is -2.78. The highest BCUT2D eigenvalue weighted by molar-refractivity contribution is 7.29. The van der Waals surface area contributed by atoms with Gasteiger partial charge in [0.15, 0.2) is 16.6 Å². The van der Waals surface area contributed by atoms with Gasteiger partial charge in [0.1, 0.15) is 16.6 Å². The number of aryl methyl sites for hydroxylation is 1. The van der Waals surface area contributed by atoms with Gasteiger partial charge in [-0.05, 0) is 36.6 Å². The maximum atomic E-state index is 12.7. The topological polar surface area (TPSA) is 88.3 Å². The summed E-state index contributed by atoms with van der Waals surface area (Å²) in [7, 11) is 0. The van der Waals surface area contributed by atoms with Crippen LogP contribution in [0.4, 0.5) is 10.8 Å². The van der Waals surface area contributed by atoms with Gasteiger partial charge in [0.25, 0.3) is 5.91 Å². The molecule has 5 rings (SSSR count). The molecule has 1 aliphatic rings. The van der Waals surface area contributed by atoms with Gasteiger partial charge >= 0.3 is 0 Å². The Labute approximate surface area is 174 Å². The molecule has 4 heterocycles. The number of aldehydes is 1. The number of anilines is 2. The van der Waals surface area contributed by atoms with Crippen molar-refractivity contribution in [1.82, 2.24) is 9.97 Å². The number of amides is 1. The first-order valence-electron chi connectivity index (χ1n) is 9.36. The van der Waals surface area contributed by atoms with E-state index in [-0.39, 0.29) is 5.91 Å². The van der Waals surface area contributed by atoms with E-state index in [1.54, 1.807) is 36.5 Å². The number of aromatic nitrogens is 2. The van der Waals surface area contributed by atoms with E-state index in [0.29, 0.717) is 34.4 Å². The minimum Gasteiger partial charge on any atom is -0.441 e.